The number of fused-ring (bicyclic) bond motifs is 2. The molecular weight excluding hydrogens is 761 g/mol. The van der Waals surface area contributed by atoms with Crippen molar-refractivity contribution in [3.63, 3.8) is 0 Å². The number of amides is 2. The van der Waals surface area contributed by atoms with Gasteiger partial charge in [-0.15, -0.1) is 16.4 Å². The number of carbonyl (C=O) groups is 2. The number of alkyl halides is 3. The van der Waals surface area contributed by atoms with Crippen molar-refractivity contribution in [3.05, 3.63) is 79.1 Å². The number of aryl methyl sites for hydroxylation is 1. The van der Waals surface area contributed by atoms with Crippen LogP contribution in [-0.4, -0.2) is 94.6 Å². The summed E-state index contributed by atoms with van der Waals surface area (Å²) < 4.78 is 42.7. The number of carbonyl (C=O) groups excluding carboxylic acids is 2. The second kappa shape index (κ2) is 14.2. The zero-order valence-electron chi connectivity index (χ0n) is 29.9. The summed E-state index contributed by atoms with van der Waals surface area (Å²) in [5.41, 5.74) is 0.748. The zero-order valence-corrected chi connectivity index (χ0v) is 31.4. The van der Waals surface area contributed by atoms with Gasteiger partial charge >= 0.3 is 6.18 Å². The highest BCUT2D eigenvalue weighted by Gasteiger charge is 2.34. The Morgan fingerprint density at radius 1 is 1.09 bits per heavy atom. The van der Waals surface area contributed by atoms with Crippen molar-refractivity contribution in [1.29, 1.82) is 0 Å². The Morgan fingerprint density at radius 2 is 1.85 bits per heavy atom. The molecule has 19 heteroatoms. The number of thiophene rings is 1. The summed E-state index contributed by atoms with van der Waals surface area (Å²) in [6.07, 6.45) is 0.243. The van der Waals surface area contributed by atoms with Crippen LogP contribution in [0.3, 0.4) is 0 Å². The summed E-state index contributed by atoms with van der Waals surface area (Å²) in [6.45, 7) is 5.78. The number of aromatic nitrogens is 6. The van der Waals surface area contributed by atoms with Crippen LogP contribution in [0.25, 0.3) is 16.5 Å². The molecule has 14 nitrogen and oxygen atoms in total. The third-order valence-electron chi connectivity index (χ3n) is 10.3. The first kappa shape index (κ1) is 36.9. The topological polar surface area (TPSA) is 154 Å². The number of aromatic hydroxyl groups is 1. The monoisotopic (exact) mass is 796 g/mol. The zero-order chi connectivity index (χ0) is 38.8. The number of nitrogens with one attached hydrogen (secondary N) is 1. The molecule has 2 N–H and O–H groups in total. The fraction of sp³-hybridized carbons (Fsp3) is 0.417. The van der Waals surface area contributed by atoms with Crippen LogP contribution in [0.15, 0.2) is 35.4 Å². The van der Waals surface area contributed by atoms with E-state index in [9.17, 15) is 32.7 Å². The van der Waals surface area contributed by atoms with Gasteiger partial charge in [0.1, 0.15) is 18.6 Å². The second-order valence-corrected chi connectivity index (χ2v) is 15.4. The quantitative estimate of drug-likeness (QED) is 0.224. The third-order valence-corrected chi connectivity index (χ3v) is 11.8. The summed E-state index contributed by atoms with van der Waals surface area (Å²) in [5.74, 6) is -0.905. The Kier molecular flexibility index (Phi) is 9.53. The lowest BCUT2D eigenvalue weighted by atomic mass is 10.1. The molecule has 0 radical (unpaired) electrons. The number of anilines is 2. The minimum Gasteiger partial charge on any atom is -0.504 e. The first-order valence-corrected chi connectivity index (χ1v) is 19.1. The average molecular weight is 797 g/mol. The van der Waals surface area contributed by atoms with Crippen molar-refractivity contribution in [1.82, 2.24) is 38.9 Å². The highest BCUT2D eigenvalue weighted by Crippen LogP contribution is 2.38. The van der Waals surface area contributed by atoms with E-state index in [-0.39, 0.29) is 72.0 Å². The second-order valence-electron chi connectivity index (χ2n) is 13.9. The highest BCUT2D eigenvalue weighted by molar-refractivity contribution is 7.15. The van der Waals surface area contributed by atoms with Gasteiger partial charge in [-0.05, 0) is 62.4 Å². The van der Waals surface area contributed by atoms with E-state index >= 15 is 0 Å². The Labute approximate surface area is 321 Å². The SMILES string of the molecule is CCc1c(N2CCN(C(=O)c3ncnc(C)c3O)CC2)c(=O)n2nc(-c3cc4c(s3)CCN(C3CC3)C4)nc2n1CC(=O)Nc1ccc(C(F)(F)F)cc1Cl. The first-order chi connectivity index (χ1) is 26.3. The van der Waals surface area contributed by atoms with Crippen LogP contribution in [-0.2, 0) is 36.9 Å². The summed E-state index contributed by atoms with van der Waals surface area (Å²) >= 11 is 7.76. The van der Waals surface area contributed by atoms with E-state index in [2.05, 4.69) is 26.3 Å². The molecule has 4 aromatic heterocycles. The van der Waals surface area contributed by atoms with Gasteiger partial charge in [-0.1, -0.05) is 18.5 Å². The van der Waals surface area contributed by atoms with Crippen molar-refractivity contribution in [3.8, 4) is 16.5 Å². The van der Waals surface area contributed by atoms with Gasteiger partial charge in [0, 0.05) is 50.2 Å². The lowest BCUT2D eigenvalue weighted by molar-refractivity contribution is -0.137. The van der Waals surface area contributed by atoms with Gasteiger partial charge in [0.05, 0.1) is 32.5 Å². The van der Waals surface area contributed by atoms with E-state index in [1.54, 1.807) is 27.7 Å². The molecule has 3 aliphatic rings. The van der Waals surface area contributed by atoms with Crippen LogP contribution in [0, 0.1) is 6.92 Å². The van der Waals surface area contributed by atoms with Crippen LogP contribution in [0.4, 0.5) is 24.5 Å². The van der Waals surface area contributed by atoms with Crippen molar-refractivity contribution in [2.24, 2.45) is 0 Å². The predicted molar refractivity (Wildman–Crippen MR) is 199 cm³/mol. The molecule has 288 valence electrons. The molecule has 0 unspecified atom stereocenters. The summed E-state index contributed by atoms with van der Waals surface area (Å²) in [6, 6.07) is 5.38. The first-order valence-electron chi connectivity index (χ1n) is 17.9. The predicted octanol–water partition coefficient (Wildman–Crippen LogP) is 4.78. The number of hydrogen-bond donors (Lipinski definition) is 2. The molecule has 0 atom stereocenters. The molecule has 1 saturated heterocycles. The molecule has 2 aliphatic heterocycles. The average Bonchev–Trinajstić information content (AvgIpc) is 3.76. The van der Waals surface area contributed by atoms with Crippen molar-refractivity contribution in [2.75, 3.05) is 42.9 Å². The molecule has 0 spiro atoms. The molecule has 8 rings (SSSR count). The largest absolute Gasteiger partial charge is 0.504 e. The summed E-state index contributed by atoms with van der Waals surface area (Å²) in [5, 5.41) is 17.5. The van der Waals surface area contributed by atoms with Gasteiger partial charge in [0.25, 0.3) is 11.5 Å². The number of halogens is 4. The van der Waals surface area contributed by atoms with Crippen LogP contribution >= 0.6 is 22.9 Å². The standard InChI is InChI=1S/C36H36ClF3N10O4S/c1-3-25-30(46-10-12-47(13-11-46)33(53)29-31(52)19(2)41-18-42-29)34(54)50-35(49(25)17-28(51)43-24-7-4-21(15-23(24)37)36(38,39)40)44-32(45-50)27-14-20-16-48(22-5-6-22)9-8-26(20)55-27/h4,7,14-15,18,22,52H,3,5-6,8-13,16-17H2,1-2H3,(H,43,51). The lowest BCUT2D eigenvalue weighted by Gasteiger charge is -2.36. The third kappa shape index (κ3) is 7.02. The van der Waals surface area contributed by atoms with Crippen LogP contribution in [0.1, 0.15) is 57.6 Å². The molecule has 6 heterocycles. The van der Waals surface area contributed by atoms with Gasteiger partial charge in [-0.25, -0.2) is 9.97 Å². The smallest absolute Gasteiger partial charge is 0.416 e. The van der Waals surface area contributed by atoms with E-state index < -0.39 is 29.1 Å². The highest BCUT2D eigenvalue weighted by atomic mass is 35.5. The molecule has 2 fully saturated rings. The molecule has 1 aliphatic carbocycles. The lowest BCUT2D eigenvalue weighted by Crippen LogP contribution is -2.51. The molecule has 2 amide bonds. The minimum absolute atomic E-state index is 0.00715. The minimum atomic E-state index is -4.61. The van der Waals surface area contributed by atoms with E-state index in [1.165, 1.54) is 34.1 Å². The van der Waals surface area contributed by atoms with Gasteiger partial charge in [-0.2, -0.15) is 22.7 Å². The number of hydrogen-bond acceptors (Lipinski definition) is 11. The maximum absolute atomic E-state index is 14.4. The van der Waals surface area contributed by atoms with Gasteiger partial charge in [0.2, 0.25) is 11.7 Å². The van der Waals surface area contributed by atoms with Gasteiger partial charge < -0.3 is 24.8 Å². The Hall–Kier alpha value is -5.07. The number of piperazine rings is 1. The summed E-state index contributed by atoms with van der Waals surface area (Å²) in [7, 11) is 0. The van der Waals surface area contributed by atoms with Crippen LogP contribution < -0.4 is 15.8 Å². The maximum atomic E-state index is 14.4. The van der Waals surface area contributed by atoms with E-state index in [1.807, 2.05) is 11.8 Å². The normalized spacial score (nSPS) is 16.5. The molecule has 1 saturated carbocycles. The van der Waals surface area contributed by atoms with E-state index in [4.69, 9.17) is 21.7 Å². The fourth-order valence-electron chi connectivity index (χ4n) is 7.28. The van der Waals surface area contributed by atoms with Crippen molar-refractivity contribution in [2.45, 2.75) is 64.8 Å². The molecule has 1 aromatic carbocycles. The number of rotatable bonds is 8. The number of nitrogens with zero attached hydrogens (tertiary/aromatic N) is 9. The molecule has 55 heavy (non-hydrogen) atoms. The van der Waals surface area contributed by atoms with Crippen LogP contribution in [0.5, 0.6) is 5.75 Å². The summed E-state index contributed by atoms with van der Waals surface area (Å²) in [4.78, 5) is 62.1. The van der Waals surface area contributed by atoms with Crippen molar-refractivity contribution < 1.29 is 27.9 Å². The van der Waals surface area contributed by atoms with Crippen molar-refractivity contribution >= 4 is 51.9 Å². The molecular formula is C36H36ClF3N10O4S. The van der Waals surface area contributed by atoms with Gasteiger partial charge in [0.15, 0.2) is 17.3 Å². The Balaban J connectivity index is 1.14. The van der Waals surface area contributed by atoms with Gasteiger partial charge in [-0.3, -0.25) is 19.3 Å². The maximum Gasteiger partial charge on any atom is 0.416 e. The molecule has 0 bridgehead atoms. The molecule has 5 aromatic rings. The number of benzene rings is 1. The van der Waals surface area contributed by atoms with Crippen LogP contribution in [0.2, 0.25) is 5.02 Å². The Bertz CT molecular complexity index is 2400. The van der Waals surface area contributed by atoms with E-state index in [0.29, 0.717) is 24.0 Å². The fourth-order valence-corrected chi connectivity index (χ4v) is 8.60. The van der Waals surface area contributed by atoms with E-state index in [0.717, 1.165) is 42.6 Å². The Morgan fingerprint density at radius 3 is 2.55 bits per heavy atom.